The van der Waals surface area contributed by atoms with Gasteiger partial charge in [0, 0.05) is 19.2 Å². The standard InChI is InChI=1S/C30H36FN3O6S/c1-7-32-30(36)22(4)33(18-23-8-10-24(31)11-9-23)29(35)19-34(25-15-20(2)14-21(3)16-25)41(37,38)26-12-13-27(39-5)28(17-26)40-6/h8-17,22H,7,18-19H2,1-6H3,(H,32,36)/t22-/m0/s1. The van der Waals surface area contributed by atoms with E-state index in [4.69, 9.17) is 9.47 Å². The van der Waals surface area contributed by atoms with E-state index in [2.05, 4.69) is 5.32 Å². The Morgan fingerprint density at radius 2 is 1.54 bits per heavy atom. The summed E-state index contributed by atoms with van der Waals surface area (Å²) < 4.78 is 53.4. The maximum Gasteiger partial charge on any atom is 0.264 e. The molecular formula is C30H36FN3O6S. The second kappa shape index (κ2) is 13.5. The number of amides is 2. The van der Waals surface area contributed by atoms with Crippen molar-refractivity contribution in [2.45, 2.75) is 45.2 Å². The molecule has 0 fully saturated rings. The van der Waals surface area contributed by atoms with Crippen molar-refractivity contribution in [1.82, 2.24) is 10.2 Å². The molecule has 1 N–H and O–H groups in total. The summed E-state index contributed by atoms with van der Waals surface area (Å²) in [7, 11) is -1.47. The van der Waals surface area contributed by atoms with Gasteiger partial charge in [0.05, 0.1) is 24.8 Å². The van der Waals surface area contributed by atoms with Gasteiger partial charge in [-0.1, -0.05) is 18.2 Å². The molecule has 0 heterocycles. The zero-order valence-electron chi connectivity index (χ0n) is 24.1. The third-order valence-corrected chi connectivity index (χ3v) is 8.27. The first-order valence-corrected chi connectivity index (χ1v) is 14.5. The normalized spacial score (nSPS) is 11.9. The highest BCUT2D eigenvalue weighted by Crippen LogP contribution is 2.33. The van der Waals surface area contributed by atoms with Crippen molar-refractivity contribution in [3.05, 3.63) is 83.2 Å². The van der Waals surface area contributed by atoms with Gasteiger partial charge in [-0.3, -0.25) is 13.9 Å². The van der Waals surface area contributed by atoms with Crippen molar-refractivity contribution in [3.8, 4) is 11.5 Å². The first-order chi connectivity index (χ1) is 19.4. The van der Waals surface area contributed by atoms with E-state index in [0.29, 0.717) is 17.9 Å². The quantitative estimate of drug-likeness (QED) is 0.342. The molecular weight excluding hydrogens is 549 g/mol. The summed E-state index contributed by atoms with van der Waals surface area (Å²) in [6, 6.07) is 14.1. The lowest BCUT2D eigenvalue weighted by atomic mass is 10.1. The van der Waals surface area contributed by atoms with E-state index in [0.717, 1.165) is 15.4 Å². The number of halogens is 1. The number of aryl methyl sites for hydroxylation is 2. The summed E-state index contributed by atoms with van der Waals surface area (Å²) in [5, 5.41) is 2.70. The largest absolute Gasteiger partial charge is 0.493 e. The maximum absolute atomic E-state index is 14.1. The molecule has 0 aliphatic carbocycles. The SMILES string of the molecule is CCNC(=O)[C@H](C)N(Cc1ccc(F)cc1)C(=O)CN(c1cc(C)cc(C)c1)S(=O)(=O)c1ccc(OC)c(OC)c1. The molecule has 3 aromatic carbocycles. The topological polar surface area (TPSA) is 105 Å². The molecule has 41 heavy (non-hydrogen) atoms. The second-order valence-corrected chi connectivity index (χ2v) is 11.5. The van der Waals surface area contributed by atoms with Crippen molar-refractivity contribution in [2.24, 2.45) is 0 Å². The minimum absolute atomic E-state index is 0.0332. The van der Waals surface area contributed by atoms with Gasteiger partial charge in [-0.05, 0) is 80.8 Å². The Hall–Kier alpha value is -4.12. The smallest absolute Gasteiger partial charge is 0.264 e. The number of ether oxygens (including phenoxy) is 2. The van der Waals surface area contributed by atoms with Crippen molar-refractivity contribution in [1.29, 1.82) is 0 Å². The average Bonchev–Trinajstić information content (AvgIpc) is 2.94. The molecule has 1 atom stereocenters. The second-order valence-electron chi connectivity index (χ2n) is 9.59. The highest BCUT2D eigenvalue weighted by atomic mass is 32.2. The van der Waals surface area contributed by atoms with Crippen LogP contribution in [0.15, 0.2) is 65.6 Å². The van der Waals surface area contributed by atoms with E-state index in [9.17, 15) is 22.4 Å². The van der Waals surface area contributed by atoms with Crippen LogP contribution in [0.5, 0.6) is 11.5 Å². The molecule has 9 nitrogen and oxygen atoms in total. The molecule has 220 valence electrons. The van der Waals surface area contributed by atoms with E-state index in [-0.39, 0.29) is 22.9 Å². The van der Waals surface area contributed by atoms with E-state index < -0.39 is 40.2 Å². The van der Waals surface area contributed by atoms with Crippen LogP contribution >= 0.6 is 0 Å². The molecule has 0 saturated carbocycles. The summed E-state index contributed by atoms with van der Waals surface area (Å²) >= 11 is 0. The number of anilines is 1. The molecule has 11 heteroatoms. The Morgan fingerprint density at radius 3 is 2.10 bits per heavy atom. The number of carbonyl (C=O) groups is 2. The minimum Gasteiger partial charge on any atom is -0.493 e. The summed E-state index contributed by atoms with van der Waals surface area (Å²) in [4.78, 5) is 27.9. The van der Waals surface area contributed by atoms with Crippen LogP contribution in [0.2, 0.25) is 0 Å². The van der Waals surface area contributed by atoms with Crippen LogP contribution in [0.25, 0.3) is 0 Å². The van der Waals surface area contributed by atoms with Crippen LogP contribution in [0, 0.1) is 19.7 Å². The molecule has 0 saturated heterocycles. The molecule has 0 spiro atoms. The van der Waals surface area contributed by atoms with Crippen LogP contribution in [0.3, 0.4) is 0 Å². The fourth-order valence-electron chi connectivity index (χ4n) is 4.42. The fourth-order valence-corrected chi connectivity index (χ4v) is 5.83. The Kier molecular flexibility index (Phi) is 10.3. The Bertz CT molecular complexity index is 1470. The number of hydrogen-bond acceptors (Lipinski definition) is 6. The van der Waals surface area contributed by atoms with Gasteiger partial charge in [-0.25, -0.2) is 12.8 Å². The van der Waals surface area contributed by atoms with Gasteiger partial charge < -0.3 is 19.7 Å². The predicted octanol–water partition coefficient (Wildman–Crippen LogP) is 4.21. The van der Waals surface area contributed by atoms with Gasteiger partial charge in [0.25, 0.3) is 10.0 Å². The highest BCUT2D eigenvalue weighted by molar-refractivity contribution is 7.92. The van der Waals surface area contributed by atoms with E-state index in [1.807, 2.05) is 19.9 Å². The zero-order valence-corrected chi connectivity index (χ0v) is 24.9. The van der Waals surface area contributed by atoms with Gasteiger partial charge in [0.1, 0.15) is 18.4 Å². The first-order valence-electron chi connectivity index (χ1n) is 13.1. The molecule has 3 aromatic rings. The minimum atomic E-state index is -4.31. The van der Waals surface area contributed by atoms with Crippen molar-refractivity contribution >= 4 is 27.5 Å². The molecule has 0 aliphatic rings. The zero-order chi connectivity index (χ0) is 30.3. The molecule has 0 radical (unpaired) electrons. The van der Waals surface area contributed by atoms with Gasteiger partial charge in [-0.15, -0.1) is 0 Å². The number of hydrogen-bond donors (Lipinski definition) is 1. The number of likely N-dealkylation sites (N-methyl/N-ethyl adjacent to an activating group) is 1. The lowest BCUT2D eigenvalue weighted by Crippen LogP contribution is -2.51. The summed E-state index contributed by atoms with van der Waals surface area (Å²) in [6.07, 6.45) is 0. The van der Waals surface area contributed by atoms with E-state index in [1.165, 1.54) is 61.6 Å². The highest BCUT2D eigenvalue weighted by Gasteiger charge is 2.33. The fraction of sp³-hybridized carbons (Fsp3) is 0.333. The van der Waals surface area contributed by atoms with Crippen LogP contribution in [-0.2, 0) is 26.2 Å². The molecule has 3 rings (SSSR count). The molecule has 0 unspecified atom stereocenters. The molecule has 0 bridgehead atoms. The Balaban J connectivity index is 2.10. The monoisotopic (exact) mass is 585 g/mol. The number of sulfonamides is 1. The Morgan fingerprint density at radius 1 is 0.927 bits per heavy atom. The van der Waals surface area contributed by atoms with Crippen LogP contribution in [-0.4, -0.2) is 58.5 Å². The molecule has 2 amide bonds. The van der Waals surface area contributed by atoms with Gasteiger partial charge >= 0.3 is 0 Å². The van der Waals surface area contributed by atoms with Crippen molar-refractivity contribution in [2.75, 3.05) is 31.6 Å². The maximum atomic E-state index is 14.1. The van der Waals surface area contributed by atoms with Gasteiger partial charge in [0.2, 0.25) is 11.8 Å². The van der Waals surface area contributed by atoms with Crippen LogP contribution < -0.4 is 19.1 Å². The summed E-state index contributed by atoms with van der Waals surface area (Å²) in [5.74, 6) is -0.893. The molecule has 0 aliphatic heterocycles. The van der Waals surface area contributed by atoms with E-state index >= 15 is 0 Å². The average molecular weight is 586 g/mol. The number of rotatable bonds is 12. The third-order valence-electron chi connectivity index (χ3n) is 6.50. The number of nitrogens with zero attached hydrogens (tertiary/aromatic N) is 2. The third kappa shape index (κ3) is 7.55. The predicted molar refractivity (Wildman–Crippen MR) is 155 cm³/mol. The van der Waals surface area contributed by atoms with Crippen molar-refractivity contribution < 1.29 is 31.9 Å². The number of carbonyl (C=O) groups excluding carboxylic acids is 2. The number of nitrogens with one attached hydrogen (secondary N) is 1. The van der Waals surface area contributed by atoms with Gasteiger partial charge in [-0.2, -0.15) is 0 Å². The number of methoxy groups -OCH3 is 2. The van der Waals surface area contributed by atoms with Gasteiger partial charge in [0.15, 0.2) is 11.5 Å². The van der Waals surface area contributed by atoms with Crippen LogP contribution in [0.1, 0.15) is 30.5 Å². The first kappa shape index (κ1) is 31.4. The summed E-state index contributed by atoms with van der Waals surface area (Å²) in [6.45, 7) is 6.71. The lowest BCUT2D eigenvalue weighted by molar-refractivity contribution is -0.139. The molecule has 0 aromatic heterocycles. The summed E-state index contributed by atoms with van der Waals surface area (Å²) in [5.41, 5.74) is 2.48. The number of benzene rings is 3. The van der Waals surface area contributed by atoms with Crippen molar-refractivity contribution in [3.63, 3.8) is 0 Å². The Labute approximate surface area is 240 Å². The van der Waals surface area contributed by atoms with E-state index in [1.54, 1.807) is 26.0 Å². The lowest BCUT2D eigenvalue weighted by Gasteiger charge is -2.32. The van der Waals surface area contributed by atoms with Crippen LogP contribution in [0.4, 0.5) is 10.1 Å².